The van der Waals surface area contributed by atoms with Gasteiger partial charge in [-0.2, -0.15) is 0 Å². The van der Waals surface area contributed by atoms with Crippen LogP contribution < -0.4 is 0 Å². The van der Waals surface area contributed by atoms with Gasteiger partial charge < -0.3 is 9.84 Å². The minimum absolute atomic E-state index is 0.0846. The predicted molar refractivity (Wildman–Crippen MR) is 60.7 cm³/mol. The van der Waals surface area contributed by atoms with Crippen LogP contribution in [0.4, 0.5) is 0 Å². The van der Waals surface area contributed by atoms with Crippen molar-refractivity contribution in [2.75, 3.05) is 6.61 Å². The Kier molecular flexibility index (Phi) is 3.79. The molecule has 0 unspecified atom stereocenters. The van der Waals surface area contributed by atoms with Gasteiger partial charge in [0, 0.05) is 10.4 Å². The Morgan fingerprint density at radius 2 is 2.40 bits per heavy atom. The summed E-state index contributed by atoms with van der Waals surface area (Å²) in [5, 5.41) is 10.6. The van der Waals surface area contributed by atoms with Gasteiger partial charge in [-0.3, -0.25) is 0 Å². The maximum Gasteiger partial charge on any atom is 0.104 e. The molecule has 80 valence electrons. The molecule has 1 saturated carbocycles. The van der Waals surface area contributed by atoms with Gasteiger partial charge in [-0.05, 0) is 30.7 Å². The van der Waals surface area contributed by atoms with E-state index in [0.29, 0.717) is 12.7 Å². The Bertz CT molecular complexity index is 368. The summed E-state index contributed by atoms with van der Waals surface area (Å²) in [4.78, 5) is 1.17. The summed E-state index contributed by atoms with van der Waals surface area (Å²) in [6.45, 7) is 0.580. The summed E-state index contributed by atoms with van der Waals surface area (Å²) in [5.41, 5.74) is 0.994. The normalized spacial score (nSPS) is 15.5. The Hall–Kier alpha value is -0.820. The molecular weight excluding hydrogens is 208 g/mol. The molecule has 1 aliphatic rings. The lowest BCUT2D eigenvalue weighted by Gasteiger charge is -2.25. The van der Waals surface area contributed by atoms with Crippen LogP contribution >= 0.6 is 11.3 Å². The number of aliphatic hydroxyl groups is 1. The van der Waals surface area contributed by atoms with Gasteiger partial charge in [-0.15, -0.1) is 11.3 Å². The average Bonchev–Trinajstić information content (AvgIpc) is 2.60. The molecule has 3 heteroatoms. The third kappa shape index (κ3) is 2.82. The first-order valence-electron chi connectivity index (χ1n) is 5.18. The lowest BCUT2D eigenvalue weighted by Crippen LogP contribution is -2.21. The third-order valence-corrected chi connectivity index (χ3v) is 3.44. The van der Waals surface area contributed by atoms with Gasteiger partial charge in [0.2, 0.25) is 0 Å². The number of ether oxygens (including phenoxy) is 1. The number of hydrogen-bond acceptors (Lipinski definition) is 3. The molecule has 0 aromatic carbocycles. The molecule has 15 heavy (non-hydrogen) atoms. The van der Waals surface area contributed by atoms with Crippen LogP contribution in [0.25, 0.3) is 0 Å². The van der Waals surface area contributed by atoms with Crippen molar-refractivity contribution in [2.24, 2.45) is 0 Å². The molecule has 0 amide bonds. The van der Waals surface area contributed by atoms with Gasteiger partial charge >= 0.3 is 0 Å². The molecule has 0 atom stereocenters. The van der Waals surface area contributed by atoms with E-state index in [1.165, 1.54) is 24.1 Å². The van der Waals surface area contributed by atoms with Crippen LogP contribution in [0.1, 0.15) is 29.7 Å². The zero-order valence-electron chi connectivity index (χ0n) is 8.53. The van der Waals surface area contributed by atoms with Crippen molar-refractivity contribution in [1.82, 2.24) is 0 Å². The molecule has 0 saturated heterocycles. The molecule has 1 fully saturated rings. The zero-order chi connectivity index (χ0) is 10.5. The SMILES string of the molecule is OCC#Cc1ccsc1COC1CCC1. The molecule has 1 aromatic rings. The topological polar surface area (TPSA) is 29.5 Å². The highest BCUT2D eigenvalue weighted by molar-refractivity contribution is 7.10. The molecule has 1 aromatic heterocycles. The van der Waals surface area contributed by atoms with Crippen LogP contribution in [0.3, 0.4) is 0 Å². The molecule has 0 spiro atoms. The first-order valence-corrected chi connectivity index (χ1v) is 6.06. The highest BCUT2D eigenvalue weighted by Gasteiger charge is 2.18. The smallest absolute Gasteiger partial charge is 0.104 e. The maximum absolute atomic E-state index is 8.62. The van der Waals surface area contributed by atoms with E-state index in [1.807, 2.05) is 11.4 Å². The first-order chi connectivity index (χ1) is 7.40. The standard InChI is InChI=1S/C12H14O2S/c13-7-2-3-10-6-8-15-12(10)9-14-11-4-1-5-11/h6,8,11,13H,1,4-5,7,9H2. The van der Waals surface area contributed by atoms with Gasteiger partial charge in [0.15, 0.2) is 0 Å². The lowest BCUT2D eigenvalue weighted by atomic mass is 9.96. The van der Waals surface area contributed by atoms with Gasteiger partial charge in [-0.25, -0.2) is 0 Å². The van der Waals surface area contributed by atoms with Crippen molar-refractivity contribution in [2.45, 2.75) is 32.0 Å². The fourth-order valence-electron chi connectivity index (χ4n) is 1.43. The number of hydrogen-bond donors (Lipinski definition) is 1. The second-order valence-corrected chi connectivity index (χ2v) is 4.58. The Balaban J connectivity index is 1.91. The largest absolute Gasteiger partial charge is 0.384 e. The van der Waals surface area contributed by atoms with Gasteiger partial charge in [0.25, 0.3) is 0 Å². The molecule has 0 radical (unpaired) electrons. The van der Waals surface area contributed by atoms with Crippen LogP contribution in [0.2, 0.25) is 0 Å². The second kappa shape index (κ2) is 5.32. The van der Waals surface area contributed by atoms with Crippen molar-refractivity contribution < 1.29 is 9.84 Å². The number of aliphatic hydroxyl groups excluding tert-OH is 1. The van der Waals surface area contributed by atoms with Crippen molar-refractivity contribution in [1.29, 1.82) is 0 Å². The van der Waals surface area contributed by atoms with E-state index in [9.17, 15) is 0 Å². The summed E-state index contributed by atoms with van der Waals surface area (Å²) in [5.74, 6) is 5.60. The second-order valence-electron chi connectivity index (χ2n) is 3.58. The van der Waals surface area contributed by atoms with E-state index in [4.69, 9.17) is 9.84 Å². The molecule has 1 heterocycles. The van der Waals surface area contributed by atoms with Gasteiger partial charge in [0.1, 0.15) is 6.61 Å². The van der Waals surface area contributed by atoms with E-state index < -0.39 is 0 Å². The van der Waals surface area contributed by atoms with Crippen LogP contribution in [-0.2, 0) is 11.3 Å². The highest BCUT2D eigenvalue weighted by atomic mass is 32.1. The lowest BCUT2D eigenvalue weighted by molar-refractivity contribution is -0.00751. The first kappa shape index (κ1) is 10.7. The van der Waals surface area contributed by atoms with Crippen molar-refractivity contribution in [3.8, 4) is 11.8 Å². The highest BCUT2D eigenvalue weighted by Crippen LogP contribution is 2.25. The monoisotopic (exact) mass is 222 g/mol. The van der Waals surface area contributed by atoms with Crippen LogP contribution in [-0.4, -0.2) is 17.8 Å². The molecule has 1 aliphatic carbocycles. The molecule has 1 N–H and O–H groups in total. The van der Waals surface area contributed by atoms with E-state index in [2.05, 4.69) is 11.8 Å². The van der Waals surface area contributed by atoms with Crippen molar-refractivity contribution in [3.05, 3.63) is 21.9 Å². The Labute approximate surface area is 93.9 Å². The fourth-order valence-corrected chi connectivity index (χ4v) is 2.18. The summed E-state index contributed by atoms with van der Waals surface area (Å²) in [7, 11) is 0. The molecular formula is C12H14O2S. The third-order valence-electron chi connectivity index (χ3n) is 2.55. The summed E-state index contributed by atoms with van der Waals surface area (Å²) in [6, 6.07) is 1.98. The number of thiophene rings is 1. The zero-order valence-corrected chi connectivity index (χ0v) is 9.35. The minimum Gasteiger partial charge on any atom is -0.384 e. The molecule has 2 rings (SSSR count). The van der Waals surface area contributed by atoms with Crippen molar-refractivity contribution in [3.63, 3.8) is 0 Å². The Morgan fingerprint density at radius 1 is 1.53 bits per heavy atom. The summed E-state index contributed by atoms with van der Waals surface area (Å²) < 4.78 is 5.72. The van der Waals surface area contributed by atoms with Gasteiger partial charge in [0.05, 0.1) is 12.7 Å². The molecule has 2 nitrogen and oxygen atoms in total. The van der Waals surface area contributed by atoms with E-state index in [1.54, 1.807) is 11.3 Å². The van der Waals surface area contributed by atoms with E-state index >= 15 is 0 Å². The van der Waals surface area contributed by atoms with Gasteiger partial charge in [-0.1, -0.05) is 11.8 Å². The average molecular weight is 222 g/mol. The van der Waals surface area contributed by atoms with E-state index in [0.717, 1.165) is 5.56 Å². The van der Waals surface area contributed by atoms with Crippen LogP contribution in [0.5, 0.6) is 0 Å². The Morgan fingerprint density at radius 3 is 3.07 bits per heavy atom. The summed E-state index contributed by atoms with van der Waals surface area (Å²) >= 11 is 1.67. The fraction of sp³-hybridized carbons (Fsp3) is 0.500. The minimum atomic E-state index is -0.0846. The van der Waals surface area contributed by atoms with E-state index in [-0.39, 0.29) is 6.61 Å². The van der Waals surface area contributed by atoms with Crippen LogP contribution in [0.15, 0.2) is 11.4 Å². The van der Waals surface area contributed by atoms with Crippen molar-refractivity contribution >= 4 is 11.3 Å². The number of rotatable bonds is 3. The summed E-state index contributed by atoms with van der Waals surface area (Å²) in [6.07, 6.45) is 4.16. The quantitative estimate of drug-likeness (QED) is 0.794. The molecule has 0 aliphatic heterocycles. The van der Waals surface area contributed by atoms with Crippen LogP contribution in [0, 0.1) is 11.8 Å². The predicted octanol–water partition coefficient (Wildman–Crippen LogP) is 2.16. The molecule has 0 bridgehead atoms. The maximum atomic E-state index is 8.62.